The van der Waals surface area contributed by atoms with Crippen LogP contribution in [-0.2, 0) is 32.7 Å². The molecule has 10 rings (SSSR count). The largest absolute Gasteiger partial charge is 0.460 e. The van der Waals surface area contributed by atoms with Gasteiger partial charge in [-0.2, -0.15) is 5.10 Å². The van der Waals surface area contributed by atoms with E-state index in [2.05, 4.69) is 34.9 Å². The summed E-state index contributed by atoms with van der Waals surface area (Å²) in [7, 11) is -0.638. The molecule has 1 amide bonds. The number of pyridine rings is 2. The molecule has 5 aromatic heterocycles. The third kappa shape index (κ3) is 9.63. The lowest BCUT2D eigenvalue weighted by molar-refractivity contribution is -0.145. The number of thiazole rings is 1. The molecule has 0 aliphatic heterocycles. The lowest BCUT2D eigenvalue weighted by Crippen LogP contribution is -2.48. The van der Waals surface area contributed by atoms with Crippen LogP contribution in [0.3, 0.4) is 0 Å². The number of hydrogen-bond acceptors (Lipinski definition) is 15. The van der Waals surface area contributed by atoms with Gasteiger partial charge in [-0.05, 0) is 137 Å². The van der Waals surface area contributed by atoms with Crippen molar-refractivity contribution in [3.8, 4) is 11.1 Å². The number of carbonyl (C=O) groups is 2. The Morgan fingerprint density at radius 1 is 0.922 bits per heavy atom. The number of ether oxygens (including phenoxy) is 1. The van der Waals surface area contributed by atoms with Crippen molar-refractivity contribution < 1.29 is 22.7 Å². The topological polar surface area (TPSA) is 190 Å². The third-order valence-electron chi connectivity index (χ3n) is 13.0. The molecular formula is C46H53N11O5S2. The monoisotopic (exact) mass is 903 g/mol. The predicted octanol–water partition coefficient (Wildman–Crippen LogP) is 7.21. The van der Waals surface area contributed by atoms with Crippen LogP contribution in [0.4, 0.5) is 22.6 Å². The number of nitrogens with one attached hydrogen (secondary N) is 2. The molecule has 0 saturated heterocycles. The Hall–Kier alpha value is -5.85. The number of aromatic nitrogens is 7. The first-order valence-electron chi connectivity index (χ1n) is 21.8. The number of hydrogen-bond donors (Lipinski definition) is 2. The van der Waals surface area contributed by atoms with Crippen molar-refractivity contribution in [1.29, 1.82) is 0 Å². The molecule has 0 unspecified atom stereocenters. The van der Waals surface area contributed by atoms with Crippen molar-refractivity contribution >= 4 is 66.2 Å². The van der Waals surface area contributed by atoms with Crippen molar-refractivity contribution in [3.05, 3.63) is 95.6 Å². The van der Waals surface area contributed by atoms with Crippen LogP contribution in [0.1, 0.15) is 72.3 Å². The van der Waals surface area contributed by atoms with Crippen LogP contribution < -0.4 is 14.9 Å². The van der Waals surface area contributed by atoms with Crippen LogP contribution in [0.5, 0.6) is 0 Å². The van der Waals surface area contributed by atoms with Gasteiger partial charge in [-0.15, -0.1) is 10.2 Å². The number of aryl methyl sites for hydroxylation is 1. The number of anilines is 4. The van der Waals surface area contributed by atoms with E-state index in [-0.39, 0.29) is 43.0 Å². The van der Waals surface area contributed by atoms with Gasteiger partial charge in [-0.3, -0.25) is 19.2 Å². The Bertz CT molecular complexity index is 2730. The number of esters is 1. The van der Waals surface area contributed by atoms with E-state index in [1.165, 1.54) is 49.9 Å². The van der Waals surface area contributed by atoms with Crippen LogP contribution in [0.25, 0.3) is 21.5 Å². The fraction of sp³-hybridized carbons (Fsp3) is 0.435. The van der Waals surface area contributed by atoms with Gasteiger partial charge in [0, 0.05) is 36.6 Å². The van der Waals surface area contributed by atoms with Crippen LogP contribution in [0.15, 0.2) is 73.1 Å². The van der Waals surface area contributed by atoms with E-state index in [4.69, 9.17) is 14.8 Å². The van der Waals surface area contributed by atoms with E-state index in [0.29, 0.717) is 33.7 Å². The number of fused-ring (bicyclic) bond motifs is 1. The van der Waals surface area contributed by atoms with Gasteiger partial charge in [0.15, 0.2) is 16.8 Å². The summed E-state index contributed by atoms with van der Waals surface area (Å²) in [5.41, 5.74) is 4.71. The molecule has 0 radical (unpaired) electrons. The molecule has 4 fully saturated rings. The van der Waals surface area contributed by atoms with Gasteiger partial charge in [0.25, 0.3) is 5.91 Å². The van der Waals surface area contributed by atoms with E-state index >= 15 is 0 Å². The summed E-state index contributed by atoms with van der Waals surface area (Å²) in [6, 6.07) is 18.5. The SMILES string of the molecule is Cc1cc(N(C)c2ccc(-c3cnn(CC45CC6CC(CC(C6)C4)C5)c3C)c(C(=O)NS(=O)(=O)CCCN(C)CC(=O)OCc3ccccc3)n2)nnc1Nc1nc2cccnc2s1. The Morgan fingerprint density at radius 3 is 2.39 bits per heavy atom. The standard InChI is InChI=1S/C46H53N11O5S2/c1-29-18-39(52-53-42(29)51-45-49-37-12-8-15-47-44(37)63-45)56(4)38-14-13-35(36-25-48-57(30(36)2)28-46-22-32-19-33(23-46)21-34(20-32)24-46)41(50-38)43(59)54-64(60,61)17-9-16-55(3)26-40(58)62-27-31-10-6-5-7-11-31/h5-8,10-15,18,25,32-34H,9,16-17,19-24,26-28H2,1-4H3,(H,54,59)(H,49,51,53). The molecular weight excluding hydrogens is 851 g/mol. The average Bonchev–Trinajstić information content (AvgIpc) is 3.84. The molecule has 4 bridgehead atoms. The molecule has 1 aromatic carbocycles. The number of nitrogens with zero attached hydrogens (tertiary/aromatic N) is 9. The smallest absolute Gasteiger partial charge is 0.320 e. The van der Waals surface area contributed by atoms with Gasteiger partial charge in [0.05, 0.1) is 18.5 Å². The second-order valence-electron chi connectivity index (χ2n) is 18.0. The fourth-order valence-electron chi connectivity index (χ4n) is 10.3. The van der Waals surface area contributed by atoms with Crippen molar-refractivity contribution in [2.24, 2.45) is 23.2 Å². The maximum Gasteiger partial charge on any atom is 0.320 e. The maximum atomic E-state index is 14.2. The summed E-state index contributed by atoms with van der Waals surface area (Å²) >= 11 is 1.41. The van der Waals surface area contributed by atoms with Gasteiger partial charge >= 0.3 is 5.97 Å². The second-order valence-corrected chi connectivity index (χ2v) is 20.9. The van der Waals surface area contributed by atoms with Gasteiger partial charge < -0.3 is 15.0 Å². The molecule has 0 spiro atoms. The minimum atomic E-state index is -4.12. The van der Waals surface area contributed by atoms with Crippen LogP contribution in [0, 0.1) is 37.0 Å². The Labute approximate surface area is 376 Å². The maximum absolute atomic E-state index is 14.2. The van der Waals surface area contributed by atoms with Crippen molar-refractivity contribution in [2.75, 3.05) is 43.2 Å². The molecule has 4 aliphatic carbocycles. The summed E-state index contributed by atoms with van der Waals surface area (Å²) in [5.74, 6) is 2.12. The minimum absolute atomic E-state index is 0.00721. The van der Waals surface area contributed by atoms with Crippen molar-refractivity contribution in [3.63, 3.8) is 0 Å². The minimum Gasteiger partial charge on any atom is -0.460 e. The van der Waals surface area contributed by atoms with E-state index in [1.807, 2.05) is 62.4 Å². The molecule has 18 heteroatoms. The van der Waals surface area contributed by atoms with Crippen molar-refractivity contribution in [2.45, 2.75) is 71.9 Å². The zero-order valence-corrected chi connectivity index (χ0v) is 38.2. The lowest BCUT2D eigenvalue weighted by atomic mass is 9.49. The first-order chi connectivity index (χ1) is 30.8. The molecule has 5 heterocycles. The van der Waals surface area contributed by atoms with Gasteiger partial charge in [-0.25, -0.2) is 28.1 Å². The summed E-state index contributed by atoms with van der Waals surface area (Å²) in [6.07, 6.45) is 11.4. The van der Waals surface area contributed by atoms with Crippen LogP contribution in [0.2, 0.25) is 0 Å². The molecule has 6 aromatic rings. The van der Waals surface area contributed by atoms with Gasteiger partial charge in [0.2, 0.25) is 10.0 Å². The van der Waals surface area contributed by atoms with E-state index in [0.717, 1.165) is 51.5 Å². The summed E-state index contributed by atoms with van der Waals surface area (Å²) in [5, 5.41) is 17.7. The number of carbonyl (C=O) groups excluding carboxylic acids is 2. The van der Waals surface area contributed by atoms with Crippen LogP contribution in [-0.4, -0.2) is 93.1 Å². The van der Waals surface area contributed by atoms with Crippen LogP contribution >= 0.6 is 11.3 Å². The zero-order chi connectivity index (χ0) is 44.6. The molecule has 64 heavy (non-hydrogen) atoms. The Kier molecular flexibility index (Phi) is 12.2. The first-order valence-corrected chi connectivity index (χ1v) is 24.3. The lowest BCUT2D eigenvalue weighted by Gasteiger charge is -2.56. The molecule has 334 valence electrons. The highest BCUT2D eigenvalue weighted by molar-refractivity contribution is 7.90. The zero-order valence-electron chi connectivity index (χ0n) is 36.5. The number of amides is 1. The second kappa shape index (κ2) is 18.0. The molecule has 2 N–H and O–H groups in total. The molecule has 4 saturated carbocycles. The summed E-state index contributed by atoms with van der Waals surface area (Å²) in [6.45, 7) is 5.17. The molecule has 16 nitrogen and oxygen atoms in total. The highest BCUT2D eigenvalue weighted by Crippen LogP contribution is 2.60. The summed E-state index contributed by atoms with van der Waals surface area (Å²) in [4.78, 5) is 44.7. The third-order valence-corrected chi connectivity index (χ3v) is 15.2. The Balaban J connectivity index is 0.923. The highest BCUT2D eigenvalue weighted by Gasteiger charge is 2.51. The van der Waals surface area contributed by atoms with Crippen molar-refractivity contribution in [1.82, 2.24) is 44.6 Å². The first kappa shape index (κ1) is 43.4. The number of sulfonamides is 1. The highest BCUT2D eigenvalue weighted by atomic mass is 32.2. The fourth-order valence-corrected chi connectivity index (χ4v) is 12.1. The van der Waals surface area contributed by atoms with E-state index in [1.54, 1.807) is 48.4 Å². The van der Waals surface area contributed by atoms with Gasteiger partial charge in [-0.1, -0.05) is 41.7 Å². The van der Waals surface area contributed by atoms with E-state index in [9.17, 15) is 18.0 Å². The van der Waals surface area contributed by atoms with Gasteiger partial charge in [0.1, 0.15) is 28.5 Å². The Morgan fingerprint density at radius 2 is 1.67 bits per heavy atom. The number of likely N-dealkylation sites (N-methyl/N-ethyl adjacent to an activating group) is 1. The number of rotatable bonds is 17. The van der Waals surface area contributed by atoms with E-state index < -0.39 is 21.9 Å². The normalized spacial score (nSPS) is 20.2. The number of benzene rings is 1. The quantitative estimate of drug-likeness (QED) is 0.0874. The average molecular weight is 904 g/mol. The summed E-state index contributed by atoms with van der Waals surface area (Å²) < 4.78 is 36.8. The predicted molar refractivity (Wildman–Crippen MR) is 246 cm³/mol. The molecule has 4 aliphatic rings. The molecule has 0 atom stereocenters.